The minimum atomic E-state index is -1.08. The minimum absolute atomic E-state index is 0.0409. The lowest BCUT2D eigenvalue weighted by Gasteiger charge is -2.27. The predicted molar refractivity (Wildman–Crippen MR) is 90.1 cm³/mol. The second kappa shape index (κ2) is 6.52. The average Bonchev–Trinajstić information content (AvgIpc) is 2.94. The number of hydrazone groups is 2. The number of phenolic OH excluding ortho intramolecular Hbond substituents is 1. The van der Waals surface area contributed by atoms with Crippen molar-refractivity contribution in [3.63, 3.8) is 0 Å². The van der Waals surface area contributed by atoms with Crippen LogP contribution >= 0.6 is 11.8 Å². The van der Waals surface area contributed by atoms with E-state index in [0.717, 1.165) is 11.8 Å². The summed E-state index contributed by atoms with van der Waals surface area (Å²) < 4.78 is 3.94. The molecule has 3 rings (SSSR count). The number of ketones is 1. The van der Waals surface area contributed by atoms with Crippen molar-refractivity contribution in [2.24, 2.45) is 10.2 Å². The maximum atomic E-state index is 12.1. The van der Waals surface area contributed by atoms with Crippen LogP contribution in [0.25, 0.3) is 0 Å². The highest BCUT2D eigenvalue weighted by Crippen LogP contribution is 2.40. The van der Waals surface area contributed by atoms with Gasteiger partial charge in [0.2, 0.25) is 5.17 Å². The van der Waals surface area contributed by atoms with Gasteiger partial charge in [-0.3, -0.25) is 15.0 Å². The van der Waals surface area contributed by atoms with E-state index < -0.39 is 4.75 Å². The van der Waals surface area contributed by atoms with Gasteiger partial charge in [-0.25, -0.2) is 5.43 Å². The second-order valence-electron chi connectivity index (χ2n) is 5.36. The largest absolute Gasteiger partial charge is 0.504 e. The zero-order chi connectivity index (χ0) is 17.2. The molecule has 1 fully saturated rings. The molecule has 0 radical (unpaired) electrons. The number of aromatic hydroxyl groups is 1. The molecule has 24 heavy (non-hydrogen) atoms. The van der Waals surface area contributed by atoms with Gasteiger partial charge in [-0.15, -0.1) is 5.10 Å². The molecule has 1 aromatic rings. The molecule has 8 nitrogen and oxygen atoms in total. The smallest absolute Gasteiger partial charge is 0.264 e. The van der Waals surface area contributed by atoms with Crippen LogP contribution < -0.4 is 15.6 Å². The first kappa shape index (κ1) is 16.3. The van der Waals surface area contributed by atoms with E-state index in [0.29, 0.717) is 35.7 Å². The molecule has 1 amide bonds. The third kappa shape index (κ3) is 2.94. The lowest BCUT2D eigenvalue weighted by molar-refractivity contribution is -0.130. The molecule has 1 unspecified atom stereocenters. The Hall–Kier alpha value is -2.55. The fraction of sp³-hybridized carbons (Fsp3) is 0.333. The number of ether oxygens (including phenoxy) is 1. The number of nitrogens with zero attached hydrogens (tertiary/aromatic N) is 2. The molecular weight excluding hydrogens is 332 g/mol. The number of benzene rings is 1. The van der Waals surface area contributed by atoms with Crippen LogP contribution in [0.3, 0.4) is 0 Å². The molecule has 1 spiro atoms. The van der Waals surface area contributed by atoms with Gasteiger partial charge in [-0.05, 0) is 36.6 Å². The van der Waals surface area contributed by atoms with E-state index in [2.05, 4.69) is 21.1 Å². The van der Waals surface area contributed by atoms with E-state index >= 15 is 0 Å². The highest BCUT2D eigenvalue weighted by Gasteiger charge is 2.52. The van der Waals surface area contributed by atoms with Crippen LogP contribution in [0.15, 0.2) is 28.4 Å². The standard InChI is InChI=1S/C15H16N4O4S/c1-23-11-7-9(4-5-10(11)20)8-16-18-14-19-17-13(22)15(24-14)6-2-3-12(15)21/h4-5,7-8,20H,2-3,6H2,1H3,(H,17,22)(H,18,19)/b16-8+. The third-order valence-corrected chi connectivity index (χ3v) is 5.20. The third-order valence-electron chi connectivity index (χ3n) is 3.86. The Morgan fingerprint density at radius 1 is 1.50 bits per heavy atom. The molecule has 0 bridgehead atoms. The molecular formula is C15H16N4O4S. The van der Waals surface area contributed by atoms with Crippen molar-refractivity contribution in [2.45, 2.75) is 24.0 Å². The zero-order valence-corrected chi connectivity index (χ0v) is 13.7. The number of methoxy groups -OCH3 is 1. The number of nitrogens with one attached hydrogen (secondary N) is 2. The lowest BCUT2D eigenvalue weighted by Crippen LogP contribution is -2.51. The number of carbonyl (C=O) groups excluding carboxylic acids is 2. The fourth-order valence-corrected chi connectivity index (χ4v) is 3.72. The van der Waals surface area contributed by atoms with Gasteiger partial charge in [0.05, 0.1) is 13.3 Å². The number of rotatable bonds is 3. The van der Waals surface area contributed by atoms with Crippen LogP contribution in [0.5, 0.6) is 11.5 Å². The van der Waals surface area contributed by atoms with Crippen molar-refractivity contribution in [3.05, 3.63) is 23.8 Å². The van der Waals surface area contributed by atoms with Crippen LogP contribution in [0.1, 0.15) is 24.8 Å². The highest BCUT2D eigenvalue weighted by atomic mass is 32.2. The molecule has 0 aromatic heterocycles. The van der Waals surface area contributed by atoms with E-state index in [4.69, 9.17) is 4.74 Å². The summed E-state index contributed by atoms with van der Waals surface area (Å²) in [7, 11) is 1.46. The van der Waals surface area contributed by atoms with Gasteiger partial charge in [0.25, 0.3) is 5.91 Å². The maximum absolute atomic E-state index is 12.1. The van der Waals surface area contributed by atoms with Gasteiger partial charge >= 0.3 is 0 Å². The second-order valence-corrected chi connectivity index (χ2v) is 6.65. The quantitative estimate of drug-likeness (QED) is 0.426. The number of carbonyl (C=O) groups is 2. The number of thioether (sulfide) groups is 1. The molecule has 1 heterocycles. The monoisotopic (exact) mass is 348 g/mol. The fourth-order valence-electron chi connectivity index (χ4n) is 2.60. The normalized spacial score (nSPS) is 23.5. The Morgan fingerprint density at radius 2 is 2.33 bits per heavy atom. The molecule has 1 aliphatic heterocycles. The molecule has 126 valence electrons. The minimum Gasteiger partial charge on any atom is -0.504 e. The van der Waals surface area contributed by atoms with Crippen molar-refractivity contribution in [3.8, 4) is 11.5 Å². The summed E-state index contributed by atoms with van der Waals surface area (Å²) in [6.45, 7) is 0. The SMILES string of the molecule is COc1cc(/C=N/NC2=NNC(=O)C3(CCCC3=O)S2)ccc1O. The molecule has 1 aromatic carbocycles. The zero-order valence-electron chi connectivity index (χ0n) is 12.9. The molecule has 0 saturated heterocycles. The van der Waals surface area contributed by atoms with E-state index in [-0.39, 0.29) is 17.4 Å². The number of amidine groups is 1. The molecule has 9 heteroatoms. The van der Waals surface area contributed by atoms with Crippen molar-refractivity contribution >= 4 is 34.8 Å². The molecule has 2 aliphatic rings. The summed E-state index contributed by atoms with van der Waals surface area (Å²) in [6, 6.07) is 4.79. The first-order chi connectivity index (χ1) is 11.5. The first-order valence-corrected chi connectivity index (χ1v) is 8.13. The highest BCUT2D eigenvalue weighted by molar-refractivity contribution is 8.16. The number of amides is 1. The summed E-state index contributed by atoms with van der Waals surface area (Å²) in [5.41, 5.74) is 5.82. The molecule has 1 saturated carbocycles. The van der Waals surface area contributed by atoms with Crippen LogP contribution in [-0.2, 0) is 9.59 Å². The summed E-state index contributed by atoms with van der Waals surface area (Å²) in [5, 5.41) is 17.8. The topological polar surface area (TPSA) is 112 Å². The Balaban J connectivity index is 1.68. The van der Waals surface area contributed by atoms with Crippen molar-refractivity contribution < 1.29 is 19.4 Å². The summed E-state index contributed by atoms with van der Waals surface area (Å²) >= 11 is 1.10. The Kier molecular flexibility index (Phi) is 4.43. The average molecular weight is 348 g/mol. The van der Waals surface area contributed by atoms with Gasteiger partial charge in [0.1, 0.15) is 0 Å². The van der Waals surface area contributed by atoms with Crippen molar-refractivity contribution in [2.75, 3.05) is 7.11 Å². The summed E-state index contributed by atoms with van der Waals surface area (Å²) in [4.78, 5) is 24.1. The van der Waals surface area contributed by atoms with Gasteiger partial charge < -0.3 is 9.84 Å². The van der Waals surface area contributed by atoms with E-state index in [1.807, 2.05) is 0 Å². The molecule has 3 N–H and O–H groups in total. The number of Topliss-reactive ketones (excluding diaryl/α,β-unsaturated/α-hetero) is 1. The lowest BCUT2D eigenvalue weighted by atomic mass is 10.1. The van der Waals surface area contributed by atoms with E-state index in [9.17, 15) is 14.7 Å². The van der Waals surface area contributed by atoms with Gasteiger partial charge in [0.15, 0.2) is 22.0 Å². The predicted octanol–water partition coefficient (Wildman–Crippen LogP) is 0.950. The maximum Gasteiger partial charge on any atom is 0.264 e. The van der Waals surface area contributed by atoms with Crippen molar-refractivity contribution in [1.29, 1.82) is 0 Å². The van der Waals surface area contributed by atoms with E-state index in [1.165, 1.54) is 19.4 Å². The van der Waals surface area contributed by atoms with Gasteiger partial charge in [0, 0.05) is 6.42 Å². The van der Waals surface area contributed by atoms with Crippen LogP contribution in [-0.4, -0.2) is 40.0 Å². The molecule has 1 aliphatic carbocycles. The van der Waals surface area contributed by atoms with Crippen LogP contribution in [0.4, 0.5) is 0 Å². The van der Waals surface area contributed by atoms with Gasteiger partial charge in [-0.2, -0.15) is 5.10 Å². The number of hydrogen-bond acceptors (Lipinski definition) is 8. The van der Waals surface area contributed by atoms with Crippen LogP contribution in [0, 0.1) is 0 Å². The van der Waals surface area contributed by atoms with Gasteiger partial charge in [-0.1, -0.05) is 11.8 Å². The summed E-state index contributed by atoms with van der Waals surface area (Å²) in [6.07, 6.45) is 3.12. The number of hydrogen-bond donors (Lipinski definition) is 3. The van der Waals surface area contributed by atoms with E-state index in [1.54, 1.807) is 12.1 Å². The first-order valence-electron chi connectivity index (χ1n) is 7.32. The molecule has 1 atom stereocenters. The summed E-state index contributed by atoms with van der Waals surface area (Å²) in [5.74, 6) is -0.0652. The Labute approximate surface area is 142 Å². The Bertz CT molecular complexity index is 749. The van der Waals surface area contributed by atoms with Crippen molar-refractivity contribution in [1.82, 2.24) is 10.9 Å². The Morgan fingerprint density at radius 3 is 3.04 bits per heavy atom. The van der Waals surface area contributed by atoms with Crippen LogP contribution in [0.2, 0.25) is 0 Å². The number of phenols is 1.